The van der Waals surface area contributed by atoms with Crippen molar-refractivity contribution in [1.82, 2.24) is 9.55 Å². The zero-order valence-electron chi connectivity index (χ0n) is 12.0. The molecule has 1 aromatic heterocycles. The van der Waals surface area contributed by atoms with Crippen LogP contribution in [0.1, 0.15) is 52.0 Å². The molecular weight excluding hydrogens is 222 g/mol. The number of benzene rings is 1. The van der Waals surface area contributed by atoms with Crippen molar-refractivity contribution in [2.24, 2.45) is 5.73 Å². The largest absolute Gasteiger partial charge is 0.326 e. The molecule has 3 nitrogen and oxygen atoms in total. The van der Waals surface area contributed by atoms with E-state index in [0.29, 0.717) is 12.6 Å². The minimum atomic E-state index is 0.0478. The Kier molecular flexibility index (Phi) is 3.20. The maximum Gasteiger partial charge on any atom is 0.115 e. The third-order valence-electron chi connectivity index (χ3n) is 3.18. The van der Waals surface area contributed by atoms with Crippen molar-refractivity contribution in [3.63, 3.8) is 0 Å². The van der Waals surface area contributed by atoms with Gasteiger partial charge in [0, 0.05) is 18.0 Å². The van der Waals surface area contributed by atoms with Gasteiger partial charge in [-0.2, -0.15) is 0 Å². The Hall–Kier alpha value is -1.35. The van der Waals surface area contributed by atoms with Gasteiger partial charge in [-0.3, -0.25) is 0 Å². The lowest BCUT2D eigenvalue weighted by atomic mass is 9.95. The maximum atomic E-state index is 5.70. The van der Waals surface area contributed by atoms with Gasteiger partial charge in [-0.1, -0.05) is 26.8 Å². The van der Waals surface area contributed by atoms with Crippen LogP contribution in [-0.2, 0) is 12.0 Å². The second kappa shape index (κ2) is 4.39. The van der Waals surface area contributed by atoms with Gasteiger partial charge in [-0.15, -0.1) is 0 Å². The van der Waals surface area contributed by atoms with Gasteiger partial charge in [0.15, 0.2) is 0 Å². The number of nitrogens with two attached hydrogens (primary N) is 1. The summed E-state index contributed by atoms with van der Waals surface area (Å²) < 4.78 is 2.33. The van der Waals surface area contributed by atoms with E-state index >= 15 is 0 Å². The third kappa shape index (κ3) is 2.15. The molecule has 1 heterocycles. The molecule has 2 aromatic rings. The maximum absolute atomic E-state index is 5.70. The van der Waals surface area contributed by atoms with Crippen LogP contribution < -0.4 is 5.73 Å². The number of nitrogens with zero attached hydrogens (tertiary/aromatic N) is 2. The Balaban J connectivity index is 2.75. The van der Waals surface area contributed by atoms with Crippen LogP contribution in [0.2, 0.25) is 0 Å². The van der Waals surface area contributed by atoms with Crippen molar-refractivity contribution >= 4 is 11.0 Å². The first-order chi connectivity index (χ1) is 8.34. The first kappa shape index (κ1) is 13.1. The van der Waals surface area contributed by atoms with E-state index < -0.39 is 0 Å². The molecular formula is C15H23N3. The SMILES string of the molecule is CC(C)n1c(C(C)(C)C)nc2cc(CN)ccc21. The number of rotatable bonds is 2. The van der Waals surface area contributed by atoms with Gasteiger partial charge in [-0.05, 0) is 31.5 Å². The first-order valence-electron chi connectivity index (χ1n) is 6.56. The zero-order chi connectivity index (χ0) is 13.5. The molecule has 0 radical (unpaired) electrons. The van der Waals surface area contributed by atoms with Gasteiger partial charge in [0.25, 0.3) is 0 Å². The number of imidazole rings is 1. The van der Waals surface area contributed by atoms with E-state index in [-0.39, 0.29) is 5.41 Å². The molecule has 3 heteroatoms. The fourth-order valence-electron chi connectivity index (χ4n) is 2.32. The lowest BCUT2D eigenvalue weighted by molar-refractivity contribution is 0.477. The van der Waals surface area contributed by atoms with E-state index in [1.165, 1.54) is 5.52 Å². The predicted octanol–water partition coefficient (Wildman–Crippen LogP) is 3.37. The summed E-state index contributed by atoms with van der Waals surface area (Å²) in [7, 11) is 0. The van der Waals surface area contributed by atoms with E-state index in [4.69, 9.17) is 10.7 Å². The summed E-state index contributed by atoms with van der Waals surface area (Å²) >= 11 is 0. The predicted molar refractivity (Wildman–Crippen MR) is 76.7 cm³/mol. The van der Waals surface area contributed by atoms with Crippen LogP contribution >= 0.6 is 0 Å². The highest BCUT2D eigenvalue weighted by molar-refractivity contribution is 5.77. The second-order valence-electron chi connectivity index (χ2n) is 6.18. The monoisotopic (exact) mass is 245 g/mol. The van der Waals surface area contributed by atoms with E-state index in [2.05, 4.69) is 57.4 Å². The van der Waals surface area contributed by atoms with Crippen molar-refractivity contribution in [3.8, 4) is 0 Å². The number of aromatic nitrogens is 2. The Labute approximate surface area is 109 Å². The molecule has 0 amide bonds. The highest BCUT2D eigenvalue weighted by Crippen LogP contribution is 2.29. The summed E-state index contributed by atoms with van der Waals surface area (Å²) in [5.74, 6) is 1.14. The summed E-state index contributed by atoms with van der Waals surface area (Å²) in [6.45, 7) is 11.6. The molecule has 0 bridgehead atoms. The molecule has 0 unspecified atom stereocenters. The molecule has 0 aliphatic carbocycles. The number of hydrogen-bond acceptors (Lipinski definition) is 2. The zero-order valence-corrected chi connectivity index (χ0v) is 12.0. The van der Waals surface area contributed by atoms with E-state index in [1.54, 1.807) is 0 Å². The van der Waals surface area contributed by atoms with Crippen LogP contribution in [0.4, 0.5) is 0 Å². The Morgan fingerprint density at radius 1 is 1.28 bits per heavy atom. The van der Waals surface area contributed by atoms with Crippen molar-refractivity contribution in [1.29, 1.82) is 0 Å². The Bertz CT molecular complexity index is 559. The van der Waals surface area contributed by atoms with Gasteiger partial charge < -0.3 is 10.3 Å². The number of hydrogen-bond donors (Lipinski definition) is 1. The quantitative estimate of drug-likeness (QED) is 0.881. The molecule has 98 valence electrons. The topological polar surface area (TPSA) is 43.8 Å². The van der Waals surface area contributed by atoms with Crippen molar-refractivity contribution < 1.29 is 0 Å². The number of fused-ring (bicyclic) bond motifs is 1. The van der Waals surface area contributed by atoms with Crippen LogP contribution in [0.15, 0.2) is 18.2 Å². The molecule has 0 aliphatic heterocycles. The highest BCUT2D eigenvalue weighted by atomic mass is 15.1. The summed E-state index contributed by atoms with van der Waals surface area (Å²) in [5.41, 5.74) is 9.13. The lowest BCUT2D eigenvalue weighted by Crippen LogP contribution is -2.20. The molecule has 0 fully saturated rings. The van der Waals surface area contributed by atoms with Crippen molar-refractivity contribution in [2.75, 3.05) is 0 Å². The van der Waals surface area contributed by atoms with Gasteiger partial charge in [-0.25, -0.2) is 4.98 Å². The van der Waals surface area contributed by atoms with Crippen LogP contribution in [0.3, 0.4) is 0 Å². The van der Waals surface area contributed by atoms with Gasteiger partial charge >= 0.3 is 0 Å². The minimum Gasteiger partial charge on any atom is -0.326 e. The van der Waals surface area contributed by atoms with E-state index in [0.717, 1.165) is 16.9 Å². The standard InChI is InChI=1S/C15H23N3/c1-10(2)18-13-7-6-11(9-16)8-12(13)17-14(18)15(3,4)5/h6-8,10H,9,16H2,1-5H3. The molecule has 0 spiro atoms. The smallest absolute Gasteiger partial charge is 0.115 e. The van der Waals surface area contributed by atoms with Crippen LogP contribution in [0.25, 0.3) is 11.0 Å². The molecule has 0 atom stereocenters. The molecule has 18 heavy (non-hydrogen) atoms. The first-order valence-corrected chi connectivity index (χ1v) is 6.56. The fraction of sp³-hybridized carbons (Fsp3) is 0.533. The van der Waals surface area contributed by atoms with E-state index in [9.17, 15) is 0 Å². The van der Waals surface area contributed by atoms with Crippen LogP contribution in [0.5, 0.6) is 0 Å². The van der Waals surface area contributed by atoms with Crippen LogP contribution in [-0.4, -0.2) is 9.55 Å². The molecule has 0 saturated heterocycles. The lowest BCUT2D eigenvalue weighted by Gasteiger charge is -2.22. The van der Waals surface area contributed by atoms with Gasteiger partial charge in [0.2, 0.25) is 0 Å². The molecule has 0 aliphatic rings. The normalized spacial score (nSPS) is 12.6. The fourth-order valence-corrected chi connectivity index (χ4v) is 2.32. The summed E-state index contributed by atoms with van der Waals surface area (Å²) in [5, 5.41) is 0. The van der Waals surface area contributed by atoms with Crippen molar-refractivity contribution in [3.05, 3.63) is 29.6 Å². The van der Waals surface area contributed by atoms with E-state index in [1.807, 2.05) is 0 Å². The average molecular weight is 245 g/mol. The van der Waals surface area contributed by atoms with Gasteiger partial charge in [0.1, 0.15) is 5.82 Å². The molecule has 0 saturated carbocycles. The molecule has 2 rings (SSSR count). The Morgan fingerprint density at radius 2 is 1.94 bits per heavy atom. The summed E-state index contributed by atoms with van der Waals surface area (Å²) in [6.07, 6.45) is 0. The third-order valence-corrected chi connectivity index (χ3v) is 3.18. The Morgan fingerprint density at radius 3 is 2.44 bits per heavy atom. The summed E-state index contributed by atoms with van der Waals surface area (Å²) in [6, 6.07) is 6.74. The van der Waals surface area contributed by atoms with Gasteiger partial charge in [0.05, 0.1) is 11.0 Å². The second-order valence-corrected chi connectivity index (χ2v) is 6.18. The average Bonchev–Trinajstić information content (AvgIpc) is 2.66. The minimum absolute atomic E-state index is 0.0478. The molecule has 1 aromatic carbocycles. The van der Waals surface area contributed by atoms with Crippen molar-refractivity contribution in [2.45, 2.75) is 52.6 Å². The van der Waals surface area contributed by atoms with Crippen LogP contribution in [0, 0.1) is 0 Å². The summed E-state index contributed by atoms with van der Waals surface area (Å²) in [4.78, 5) is 4.82. The highest BCUT2D eigenvalue weighted by Gasteiger charge is 2.24. The molecule has 2 N–H and O–H groups in total.